The highest BCUT2D eigenvalue weighted by atomic mass is 32.1. The fourth-order valence-corrected chi connectivity index (χ4v) is 4.40. The number of rotatable bonds is 7. The Morgan fingerprint density at radius 2 is 1.71 bits per heavy atom. The van der Waals surface area contributed by atoms with Crippen molar-refractivity contribution >= 4 is 51.8 Å². The summed E-state index contributed by atoms with van der Waals surface area (Å²) in [6, 6.07) is 21.0. The van der Waals surface area contributed by atoms with Gasteiger partial charge in [-0.05, 0) is 43.0 Å². The molecule has 4 N–H and O–H groups in total. The molecule has 0 atom stereocenters. The van der Waals surface area contributed by atoms with Crippen LogP contribution in [0.25, 0.3) is 11.1 Å². The lowest BCUT2D eigenvalue weighted by Gasteiger charge is -2.25. The minimum Gasteiger partial charge on any atom is -0.419 e. The molecule has 0 aliphatic carbocycles. The van der Waals surface area contributed by atoms with Crippen molar-refractivity contribution in [2.75, 3.05) is 10.6 Å². The van der Waals surface area contributed by atoms with Crippen molar-refractivity contribution in [3.63, 3.8) is 0 Å². The zero-order valence-corrected chi connectivity index (χ0v) is 21.2. The molecule has 0 aliphatic rings. The zero-order valence-electron chi connectivity index (χ0n) is 20.4. The molecular weight excluding hydrogens is 506 g/mol. The Balaban J connectivity index is 1.28. The summed E-state index contributed by atoms with van der Waals surface area (Å²) < 4.78 is 11.0. The summed E-state index contributed by atoms with van der Waals surface area (Å²) in [5.74, 6) is -0.802. The number of hydrogen-bond donors (Lipinski definition) is 4. The minimum absolute atomic E-state index is 0.0749. The minimum atomic E-state index is -0.704. The fraction of sp³-hybridized carbons (Fsp3) is 0.111. The molecule has 0 fully saturated rings. The van der Waals surface area contributed by atoms with Crippen molar-refractivity contribution in [1.29, 1.82) is 0 Å². The number of carbonyl (C=O) groups excluding carboxylic acids is 3. The molecule has 5 aromatic rings. The predicted molar refractivity (Wildman–Crippen MR) is 144 cm³/mol. The van der Waals surface area contributed by atoms with Gasteiger partial charge in [0.05, 0.1) is 21.7 Å². The number of fused-ring (bicyclic) bond motifs is 1. The standard InChI is InChI=1S/C27H23N5O5S/c1-27(2,16-9-4-3-5-10-16)30-26(35)37-21-15-19-22(36-21)23(32-31-19)29-24(33)17-11-6-7-12-18(17)28-25(34)20-13-8-14-38-20/h3-15H,1-2H3,(H,28,34)(H,30,35)(H2,29,31,32,33). The van der Waals surface area contributed by atoms with Crippen LogP contribution in [-0.2, 0) is 5.54 Å². The maximum Gasteiger partial charge on any atom is 0.415 e. The monoisotopic (exact) mass is 529 g/mol. The molecule has 5 rings (SSSR count). The highest BCUT2D eigenvalue weighted by Crippen LogP contribution is 2.30. The number of ether oxygens (including phenoxy) is 1. The molecule has 192 valence electrons. The summed E-state index contributed by atoms with van der Waals surface area (Å²) in [6.07, 6.45) is -0.704. The number of furan rings is 1. The van der Waals surface area contributed by atoms with E-state index in [0.29, 0.717) is 16.1 Å². The van der Waals surface area contributed by atoms with Crippen LogP contribution in [0.2, 0.25) is 0 Å². The Morgan fingerprint density at radius 1 is 0.947 bits per heavy atom. The van der Waals surface area contributed by atoms with E-state index in [2.05, 4.69) is 26.1 Å². The molecule has 0 saturated heterocycles. The van der Waals surface area contributed by atoms with Crippen LogP contribution in [0.15, 0.2) is 82.6 Å². The van der Waals surface area contributed by atoms with Crippen molar-refractivity contribution in [3.05, 3.63) is 94.2 Å². The predicted octanol–water partition coefficient (Wildman–Crippen LogP) is 5.75. The molecule has 11 heteroatoms. The SMILES string of the molecule is CC(C)(NC(=O)Oc1cc2[nH]nc(NC(=O)c3ccccc3NC(=O)c3cccs3)c2o1)c1ccccc1. The fourth-order valence-electron chi connectivity index (χ4n) is 3.78. The number of nitrogens with zero attached hydrogens (tertiary/aromatic N) is 1. The van der Waals surface area contributed by atoms with Gasteiger partial charge in [-0.2, -0.15) is 5.10 Å². The molecular formula is C27H23N5O5S. The van der Waals surface area contributed by atoms with E-state index in [9.17, 15) is 14.4 Å². The molecule has 38 heavy (non-hydrogen) atoms. The number of hydrogen-bond acceptors (Lipinski definition) is 7. The molecule has 0 unspecified atom stereocenters. The quantitative estimate of drug-likeness (QED) is 0.212. The van der Waals surface area contributed by atoms with Crippen LogP contribution in [0.4, 0.5) is 16.3 Å². The number of H-pyrrole nitrogens is 1. The molecule has 10 nitrogen and oxygen atoms in total. The summed E-state index contributed by atoms with van der Waals surface area (Å²) in [5, 5.41) is 16.9. The van der Waals surface area contributed by atoms with Gasteiger partial charge in [0, 0.05) is 6.07 Å². The smallest absolute Gasteiger partial charge is 0.415 e. The van der Waals surface area contributed by atoms with Crippen molar-refractivity contribution < 1.29 is 23.5 Å². The number of carbonyl (C=O) groups is 3. The summed E-state index contributed by atoms with van der Waals surface area (Å²) >= 11 is 1.30. The first-order valence-electron chi connectivity index (χ1n) is 11.6. The molecule has 0 saturated carbocycles. The lowest BCUT2D eigenvalue weighted by atomic mass is 9.95. The molecule has 0 radical (unpaired) electrons. The van der Waals surface area contributed by atoms with Crippen LogP contribution in [0.5, 0.6) is 5.95 Å². The molecule has 3 heterocycles. The summed E-state index contributed by atoms with van der Waals surface area (Å²) in [4.78, 5) is 38.6. The van der Waals surface area contributed by atoms with Crippen LogP contribution < -0.4 is 20.7 Å². The van der Waals surface area contributed by atoms with Gasteiger partial charge in [-0.3, -0.25) is 14.7 Å². The normalized spacial score (nSPS) is 11.2. The Hall–Kier alpha value is -4.90. The molecule has 3 amide bonds. The van der Waals surface area contributed by atoms with Gasteiger partial charge in [-0.15, -0.1) is 11.3 Å². The van der Waals surface area contributed by atoms with Gasteiger partial charge >= 0.3 is 6.09 Å². The first-order valence-corrected chi connectivity index (χ1v) is 12.5. The van der Waals surface area contributed by atoms with Gasteiger partial charge in [0.15, 0.2) is 5.82 Å². The van der Waals surface area contributed by atoms with Crippen LogP contribution >= 0.6 is 11.3 Å². The number of para-hydroxylation sites is 1. The lowest BCUT2D eigenvalue weighted by Crippen LogP contribution is -2.42. The number of anilines is 2. The maximum atomic E-state index is 13.1. The third-order valence-corrected chi connectivity index (χ3v) is 6.58. The van der Waals surface area contributed by atoms with E-state index in [1.165, 1.54) is 17.4 Å². The van der Waals surface area contributed by atoms with Crippen LogP contribution in [0.1, 0.15) is 39.4 Å². The number of aromatic nitrogens is 2. The van der Waals surface area contributed by atoms with Gasteiger partial charge in [0.1, 0.15) is 5.52 Å². The average molecular weight is 530 g/mol. The summed E-state index contributed by atoms with van der Waals surface area (Å²) in [6.45, 7) is 3.71. The van der Waals surface area contributed by atoms with Gasteiger partial charge in [-0.1, -0.05) is 48.5 Å². The Labute approximate surface area is 221 Å². The number of aromatic amines is 1. The van der Waals surface area contributed by atoms with Crippen molar-refractivity contribution in [1.82, 2.24) is 15.5 Å². The van der Waals surface area contributed by atoms with E-state index in [4.69, 9.17) is 9.15 Å². The van der Waals surface area contributed by atoms with Crippen molar-refractivity contribution in [2.45, 2.75) is 19.4 Å². The van der Waals surface area contributed by atoms with Crippen LogP contribution in [-0.4, -0.2) is 28.1 Å². The first kappa shape index (κ1) is 24.8. The third-order valence-electron chi connectivity index (χ3n) is 5.71. The second-order valence-corrected chi connectivity index (χ2v) is 9.76. The van der Waals surface area contributed by atoms with Crippen LogP contribution in [0.3, 0.4) is 0 Å². The van der Waals surface area contributed by atoms with E-state index >= 15 is 0 Å². The number of thiophene rings is 1. The Morgan fingerprint density at radius 3 is 2.47 bits per heavy atom. The molecule has 2 aromatic carbocycles. The van der Waals surface area contributed by atoms with Gasteiger partial charge in [0.25, 0.3) is 17.8 Å². The lowest BCUT2D eigenvalue weighted by molar-refractivity contribution is 0.102. The van der Waals surface area contributed by atoms with Gasteiger partial charge in [-0.25, -0.2) is 4.79 Å². The largest absolute Gasteiger partial charge is 0.419 e. The van der Waals surface area contributed by atoms with Crippen molar-refractivity contribution in [3.8, 4) is 5.95 Å². The Kier molecular flexibility index (Phi) is 6.67. The van der Waals surface area contributed by atoms with Gasteiger partial charge in [0.2, 0.25) is 5.58 Å². The average Bonchev–Trinajstić information content (AvgIpc) is 3.64. The maximum absolute atomic E-state index is 13.1. The molecule has 0 aliphatic heterocycles. The highest BCUT2D eigenvalue weighted by Gasteiger charge is 2.25. The summed E-state index contributed by atoms with van der Waals surface area (Å²) in [5.41, 5.74) is 1.42. The van der Waals surface area contributed by atoms with E-state index in [1.54, 1.807) is 41.8 Å². The molecule has 0 spiro atoms. The molecule has 3 aromatic heterocycles. The zero-order chi connectivity index (χ0) is 26.7. The Bertz CT molecular complexity index is 1610. The van der Waals surface area contributed by atoms with Crippen molar-refractivity contribution in [2.24, 2.45) is 0 Å². The highest BCUT2D eigenvalue weighted by molar-refractivity contribution is 7.12. The number of benzene rings is 2. The number of nitrogens with one attached hydrogen (secondary N) is 4. The molecule has 0 bridgehead atoms. The van der Waals surface area contributed by atoms with E-state index in [1.807, 2.05) is 44.2 Å². The number of amides is 3. The van der Waals surface area contributed by atoms with E-state index in [-0.39, 0.29) is 28.8 Å². The second kappa shape index (κ2) is 10.2. The van der Waals surface area contributed by atoms with Crippen LogP contribution in [0, 0.1) is 0 Å². The van der Waals surface area contributed by atoms with E-state index in [0.717, 1.165) is 5.56 Å². The summed E-state index contributed by atoms with van der Waals surface area (Å²) in [7, 11) is 0. The first-order chi connectivity index (χ1) is 18.3. The van der Waals surface area contributed by atoms with E-state index < -0.39 is 17.5 Å². The topological polar surface area (TPSA) is 138 Å². The third kappa shape index (κ3) is 5.27. The van der Waals surface area contributed by atoms with Gasteiger partial charge < -0.3 is 25.1 Å². The second-order valence-electron chi connectivity index (χ2n) is 8.82.